The second-order valence-corrected chi connectivity index (χ2v) is 6.26. The van der Waals surface area contributed by atoms with Crippen molar-refractivity contribution >= 4 is 22.4 Å². The van der Waals surface area contributed by atoms with E-state index in [2.05, 4.69) is 25.3 Å². The zero-order valence-electron chi connectivity index (χ0n) is 13.8. The normalized spacial score (nSPS) is 20.3. The van der Waals surface area contributed by atoms with Gasteiger partial charge in [0.05, 0.1) is 11.2 Å². The van der Waals surface area contributed by atoms with Gasteiger partial charge in [-0.3, -0.25) is 9.97 Å². The van der Waals surface area contributed by atoms with E-state index < -0.39 is 0 Å². The summed E-state index contributed by atoms with van der Waals surface area (Å²) in [6, 6.07) is 6.38. The molecule has 4 rings (SSSR count). The number of hydrogen-bond donors (Lipinski definition) is 2. The molecule has 1 saturated carbocycles. The molecule has 0 atom stereocenters. The Hall–Kier alpha value is -2.96. The smallest absolute Gasteiger partial charge is 0.316 e. The van der Waals surface area contributed by atoms with Crippen molar-refractivity contribution in [1.29, 1.82) is 0 Å². The lowest BCUT2D eigenvalue weighted by molar-refractivity contribution is 0.137. The minimum Gasteiger partial charge on any atom is -0.460 e. The van der Waals surface area contributed by atoms with E-state index in [4.69, 9.17) is 10.5 Å². The molecule has 2 heterocycles. The summed E-state index contributed by atoms with van der Waals surface area (Å²) in [7, 11) is 0. The van der Waals surface area contributed by atoms with E-state index in [1.807, 2.05) is 12.1 Å². The highest BCUT2D eigenvalue weighted by atomic mass is 16.5. The number of hydrogen-bond acceptors (Lipinski definition) is 7. The lowest BCUT2D eigenvalue weighted by Crippen LogP contribution is -2.31. The molecular formula is C18H20N6O. The average Bonchev–Trinajstić information content (AvgIpc) is 2.64. The molecule has 1 aliphatic rings. The summed E-state index contributed by atoms with van der Waals surface area (Å²) in [6.45, 7) is 0. The lowest BCUT2D eigenvalue weighted by Gasteiger charge is -2.29. The van der Waals surface area contributed by atoms with Gasteiger partial charge in [-0.1, -0.05) is 0 Å². The number of nitrogens with one attached hydrogen (secondary N) is 1. The molecule has 25 heavy (non-hydrogen) atoms. The Morgan fingerprint density at radius 1 is 0.920 bits per heavy atom. The van der Waals surface area contributed by atoms with Gasteiger partial charge in [0.1, 0.15) is 11.6 Å². The number of fused-ring (bicyclic) bond motifs is 1. The molecule has 3 N–H and O–H groups in total. The van der Waals surface area contributed by atoms with Crippen molar-refractivity contribution in [3.05, 3.63) is 43.0 Å². The third-order valence-corrected chi connectivity index (χ3v) is 4.44. The summed E-state index contributed by atoms with van der Waals surface area (Å²) < 4.78 is 5.85. The van der Waals surface area contributed by atoms with Crippen LogP contribution in [0.3, 0.4) is 0 Å². The molecule has 1 fully saturated rings. The Morgan fingerprint density at radius 3 is 2.48 bits per heavy atom. The van der Waals surface area contributed by atoms with Gasteiger partial charge in [0.25, 0.3) is 0 Å². The Morgan fingerprint density at radius 2 is 1.68 bits per heavy atom. The number of ether oxygens (including phenoxy) is 1. The number of nitrogens with zero attached hydrogens (tertiary/aromatic N) is 4. The number of nitrogen functional groups attached to an aromatic ring is 1. The fourth-order valence-corrected chi connectivity index (χ4v) is 3.25. The molecule has 7 heteroatoms. The molecule has 2 aromatic heterocycles. The monoisotopic (exact) mass is 336 g/mol. The SMILES string of the molecule is Nc1cc(NC2CCC(Oc3ncccn3)CC2)c2nccnc2c1. The molecule has 0 radical (unpaired) electrons. The maximum Gasteiger partial charge on any atom is 0.316 e. The first-order valence-electron chi connectivity index (χ1n) is 8.48. The number of rotatable bonds is 4. The lowest BCUT2D eigenvalue weighted by atomic mass is 9.92. The van der Waals surface area contributed by atoms with Gasteiger partial charge in [-0.2, -0.15) is 0 Å². The van der Waals surface area contributed by atoms with Gasteiger partial charge >= 0.3 is 6.01 Å². The maximum atomic E-state index is 6.00. The van der Waals surface area contributed by atoms with Crippen LogP contribution in [0, 0.1) is 0 Å². The molecule has 7 nitrogen and oxygen atoms in total. The Balaban J connectivity index is 1.41. The van der Waals surface area contributed by atoms with Crippen LogP contribution in [0.15, 0.2) is 43.0 Å². The first-order chi connectivity index (χ1) is 12.3. The van der Waals surface area contributed by atoms with Gasteiger partial charge in [0.2, 0.25) is 0 Å². The highest BCUT2D eigenvalue weighted by Crippen LogP contribution is 2.28. The Bertz CT molecular complexity index is 849. The summed E-state index contributed by atoms with van der Waals surface area (Å²) in [6.07, 6.45) is 10.9. The van der Waals surface area contributed by atoms with Crippen molar-refractivity contribution in [3.63, 3.8) is 0 Å². The van der Waals surface area contributed by atoms with E-state index in [1.165, 1.54) is 0 Å². The van der Waals surface area contributed by atoms with E-state index in [0.29, 0.717) is 17.7 Å². The largest absolute Gasteiger partial charge is 0.460 e. The number of anilines is 2. The highest BCUT2D eigenvalue weighted by molar-refractivity contribution is 5.90. The van der Waals surface area contributed by atoms with Crippen molar-refractivity contribution in [3.8, 4) is 6.01 Å². The topological polar surface area (TPSA) is 98.8 Å². The van der Waals surface area contributed by atoms with E-state index in [1.54, 1.807) is 30.9 Å². The minimum atomic E-state index is 0.165. The standard InChI is InChI=1S/C18H20N6O/c19-12-10-15-17(21-9-8-20-15)16(11-12)24-13-2-4-14(5-3-13)25-18-22-6-1-7-23-18/h1,6-11,13-14,24H,2-5,19H2. The Labute approximate surface area is 145 Å². The molecule has 128 valence electrons. The van der Waals surface area contributed by atoms with Crippen molar-refractivity contribution in [2.45, 2.75) is 37.8 Å². The van der Waals surface area contributed by atoms with E-state index in [0.717, 1.165) is 42.4 Å². The summed E-state index contributed by atoms with van der Waals surface area (Å²) in [4.78, 5) is 17.0. The van der Waals surface area contributed by atoms with E-state index >= 15 is 0 Å². The second-order valence-electron chi connectivity index (χ2n) is 6.26. The fourth-order valence-electron chi connectivity index (χ4n) is 3.25. The predicted molar refractivity (Wildman–Crippen MR) is 96.3 cm³/mol. The predicted octanol–water partition coefficient (Wildman–Crippen LogP) is 2.80. The van der Waals surface area contributed by atoms with Crippen LogP contribution in [0.2, 0.25) is 0 Å². The van der Waals surface area contributed by atoms with Crippen LogP contribution < -0.4 is 15.8 Å². The van der Waals surface area contributed by atoms with Crippen LogP contribution >= 0.6 is 0 Å². The Kier molecular flexibility index (Phi) is 4.28. The quantitative estimate of drug-likeness (QED) is 0.707. The van der Waals surface area contributed by atoms with Crippen LogP contribution in [-0.4, -0.2) is 32.1 Å². The number of aromatic nitrogens is 4. The van der Waals surface area contributed by atoms with Crippen molar-refractivity contribution < 1.29 is 4.74 Å². The molecule has 0 aliphatic heterocycles. The molecule has 0 spiro atoms. The maximum absolute atomic E-state index is 6.00. The van der Waals surface area contributed by atoms with Crippen molar-refractivity contribution in [2.24, 2.45) is 0 Å². The summed E-state index contributed by atoms with van der Waals surface area (Å²) >= 11 is 0. The zero-order chi connectivity index (χ0) is 17.1. The van der Waals surface area contributed by atoms with E-state index in [9.17, 15) is 0 Å². The summed E-state index contributed by atoms with van der Waals surface area (Å²) in [5.41, 5.74) is 9.29. The molecule has 0 saturated heterocycles. The van der Waals surface area contributed by atoms with Gasteiger partial charge in [0.15, 0.2) is 0 Å². The number of benzene rings is 1. The van der Waals surface area contributed by atoms with Crippen molar-refractivity contribution in [1.82, 2.24) is 19.9 Å². The van der Waals surface area contributed by atoms with Crippen LogP contribution in [0.1, 0.15) is 25.7 Å². The summed E-state index contributed by atoms with van der Waals surface area (Å²) in [5, 5.41) is 3.58. The van der Waals surface area contributed by atoms with Gasteiger partial charge in [0, 0.05) is 36.5 Å². The van der Waals surface area contributed by atoms with E-state index in [-0.39, 0.29) is 6.10 Å². The van der Waals surface area contributed by atoms with Gasteiger partial charge < -0.3 is 15.8 Å². The highest BCUT2D eigenvalue weighted by Gasteiger charge is 2.23. The molecule has 1 aromatic carbocycles. The molecule has 0 unspecified atom stereocenters. The average molecular weight is 336 g/mol. The third-order valence-electron chi connectivity index (χ3n) is 4.44. The van der Waals surface area contributed by atoms with Crippen LogP contribution in [0.5, 0.6) is 6.01 Å². The molecule has 3 aromatic rings. The fraction of sp³-hybridized carbons (Fsp3) is 0.333. The molecule has 1 aliphatic carbocycles. The zero-order valence-corrected chi connectivity index (χ0v) is 13.8. The van der Waals surface area contributed by atoms with Gasteiger partial charge in [-0.05, 0) is 43.9 Å². The van der Waals surface area contributed by atoms with Crippen molar-refractivity contribution in [2.75, 3.05) is 11.1 Å². The molecule has 0 amide bonds. The van der Waals surface area contributed by atoms with Crippen LogP contribution in [-0.2, 0) is 0 Å². The first kappa shape index (κ1) is 15.6. The van der Waals surface area contributed by atoms with Crippen LogP contribution in [0.25, 0.3) is 11.0 Å². The minimum absolute atomic E-state index is 0.165. The molecule has 0 bridgehead atoms. The van der Waals surface area contributed by atoms with Crippen LogP contribution in [0.4, 0.5) is 11.4 Å². The molecular weight excluding hydrogens is 316 g/mol. The summed E-state index contributed by atoms with van der Waals surface area (Å²) in [5.74, 6) is 0. The second kappa shape index (κ2) is 6.88. The first-order valence-corrected chi connectivity index (χ1v) is 8.48. The van der Waals surface area contributed by atoms with Gasteiger partial charge in [-0.15, -0.1) is 0 Å². The van der Waals surface area contributed by atoms with Gasteiger partial charge in [-0.25, -0.2) is 9.97 Å². The third kappa shape index (κ3) is 3.60. The number of nitrogens with two attached hydrogens (primary N) is 1.